The number of aromatic nitrogens is 1. The average Bonchev–Trinajstić information content (AvgIpc) is 2.34. The minimum atomic E-state index is 0.623. The van der Waals surface area contributed by atoms with Gasteiger partial charge in [-0.1, -0.05) is 39.8 Å². The Morgan fingerprint density at radius 3 is 2.44 bits per heavy atom. The summed E-state index contributed by atoms with van der Waals surface area (Å²) in [7, 11) is 0. The molecule has 90 valence electrons. The number of nitrogens with two attached hydrogens (primary N) is 1. The summed E-state index contributed by atoms with van der Waals surface area (Å²) < 4.78 is 0. The van der Waals surface area contributed by atoms with Crippen molar-refractivity contribution in [2.75, 3.05) is 5.73 Å². The zero-order valence-electron chi connectivity index (χ0n) is 11.2. The fourth-order valence-electron chi connectivity index (χ4n) is 1.66. The van der Waals surface area contributed by atoms with Crippen LogP contribution < -0.4 is 5.73 Å². The van der Waals surface area contributed by atoms with Gasteiger partial charge in [-0.05, 0) is 37.0 Å². The van der Waals surface area contributed by atoms with Crippen molar-refractivity contribution in [3.05, 3.63) is 29.0 Å². The molecule has 0 radical (unpaired) electrons. The zero-order valence-corrected chi connectivity index (χ0v) is 11.2. The van der Waals surface area contributed by atoms with E-state index in [1.165, 1.54) is 11.1 Å². The summed E-state index contributed by atoms with van der Waals surface area (Å²) in [6, 6.07) is 1.94. The highest BCUT2D eigenvalue weighted by atomic mass is 14.8. The van der Waals surface area contributed by atoms with E-state index in [0.29, 0.717) is 5.82 Å². The second kappa shape index (κ2) is 7.91. The second-order valence-electron chi connectivity index (χ2n) is 3.14. The summed E-state index contributed by atoms with van der Waals surface area (Å²) in [5.74, 6) is 0.623. The van der Waals surface area contributed by atoms with Crippen LogP contribution in [0, 0.1) is 6.92 Å². The fourth-order valence-corrected chi connectivity index (χ4v) is 1.66. The van der Waals surface area contributed by atoms with Gasteiger partial charge in [0, 0.05) is 5.69 Å². The molecule has 1 aliphatic carbocycles. The summed E-state index contributed by atoms with van der Waals surface area (Å²) in [4.78, 5) is 4.23. The maximum Gasteiger partial charge on any atom is 0.124 e. The number of rotatable bonds is 0. The molecule has 0 bridgehead atoms. The Kier molecular flexibility index (Phi) is 7.27. The third-order valence-corrected chi connectivity index (χ3v) is 2.24. The Labute approximate surface area is 99.6 Å². The van der Waals surface area contributed by atoms with E-state index >= 15 is 0 Å². The molecule has 2 nitrogen and oxygen atoms in total. The summed E-state index contributed by atoms with van der Waals surface area (Å²) in [6.45, 7) is 10.0. The van der Waals surface area contributed by atoms with Crippen LogP contribution in [0.5, 0.6) is 0 Å². The normalized spacial score (nSPS) is 11.6. The average molecular weight is 220 g/mol. The van der Waals surface area contributed by atoms with Gasteiger partial charge in [-0.25, -0.2) is 4.98 Å². The topological polar surface area (TPSA) is 38.9 Å². The highest BCUT2D eigenvalue weighted by molar-refractivity contribution is 5.60. The van der Waals surface area contributed by atoms with E-state index in [4.69, 9.17) is 5.73 Å². The number of fused-ring (bicyclic) bond motifs is 1. The molecular formula is C14H24N2. The Balaban J connectivity index is 0.000000509. The molecule has 1 heterocycles. The standard InChI is InChI=1S/C10H12N2.2C2H6/c1-7-9-5-3-2-4-8(9)6-10(11)12-7;2*1-2/h2,4,6H,3,5H2,1H3,(H2,11,12);2*1-2H3. The smallest absolute Gasteiger partial charge is 0.124 e. The molecule has 0 saturated carbocycles. The molecule has 1 aromatic heterocycles. The first-order chi connectivity index (χ1) is 7.77. The SMILES string of the molecule is CC.CC.Cc1nc(N)cc2c1CCC=C2. The van der Waals surface area contributed by atoms with Crippen LogP contribution >= 0.6 is 0 Å². The molecule has 1 aromatic rings. The van der Waals surface area contributed by atoms with Crippen LogP contribution in [0.4, 0.5) is 5.82 Å². The van der Waals surface area contributed by atoms with E-state index in [0.717, 1.165) is 18.5 Å². The number of anilines is 1. The molecule has 2 rings (SSSR count). The Bertz CT molecular complexity index is 341. The second-order valence-corrected chi connectivity index (χ2v) is 3.14. The van der Waals surface area contributed by atoms with Crippen molar-refractivity contribution in [3.63, 3.8) is 0 Å². The molecular weight excluding hydrogens is 196 g/mol. The highest BCUT2D eigenvalue weighted by Gasteiger charge is 2.08. The molecule has 1 aliphatic rings. The molecule has 0 fully saturated rings. The lowest BCUT2D eigenvalue weighted by Crippen LogP contribution is -2.02. The van der Waals surface area contributed by atoms with Crippen molar-refractivity contribution < 1.29 is 0 Å². The number of pyridine rings is 1. The van der Waals surface area contributed by atoms with Crippen LogP contribution in [-0.4, -0.2) is 4.98 Å². The molecule has 2 N–H and O–H groups in total. The fraction of sp³-hybridized carbons (Fsp3) is 0.500. The molecule has 16 heavy (non-hydrogen) atoms. The highest BCUT2D eigenvalue weighted by Crippen LogP contribution is 2.22. The van der Waals surface area contributed by atoms with E-state index in [-0.39, 0.29) is 0 Å². The van der Waals surface area contributed by atoms with Crippen LogP contribution in [0.25, 0.3) is 6.08 Å². The minimum Gasteiger partial charge on any atom is -0.384 e. The third kappa shape index (κ3) is 3.69. The van der Waals surface area contributed by atoms with Crippen molar-refractivity contribution in [1.29, 1.82) is 0 Å². The predicted molar refractivity (Wildman–Crippen MR) is 73.4 cm³/mol. The van der Waals surface area contributed by atoms with Crippen LogP contribution in [0.1, 0.15) is 50.9 Å². The van der Waals surface area contributed by atoms with Gasteiger partial charge in [0.15, 0.2) is 0 Å². The first-order valence-corrected chi connectivity index (χ1v) is 6.20. The third-order valence-electron chi connectivity index (χ3n) is 2.24. The van der Waals surface area contributed by atoms with Crippen molar-refractivity contribution in [3.8, 4) is 0 Å². The van der Waals surface area contributed by atoms with Gasteiger partial charge >= 0.3 is 0 Å². The molecule has 0 spiro atoms. The monoisotopic (exact) mass is 220 g/mol. The van der Waals surface area contributed by atoms with Gasteiger partial charge in [0.2, 0.25) is 0 Å². The van der Waals surface area contributed by atoms with Gasteiger partial charge in [0.1, 0.15) is 5.82 Å². The van der Waals surface area contributed by atoms with Gasteiger partial charge in [-0.2, -0.15) is 0 Å². The molecule has 0 aromatic carbocycles. The summed E-state index contributed by atoms with van der Waals surface area (Å²) in [6.07, 6.45) is 6.54. The quantitative estimate of drug-likeness (QED) is 0.718. The summed E-state index contributed by atoms with van der Waals surface area (Å²) >= 11 is 0. The number of aryl methyl sites for hydroxylation is 1. The number of nitrogen functional groups attached to an aromatic ring is 1. The predicted octanol–water partition coefficient (Wildman–Crippen LogP) is 3.98. The van der Waals surface area contributed by atoms with Gasteiger partial charge in [-0.3, -0.25) is 0 Å². The molecule has 0 atom stereocenters. The van der Waals surface area contributed by atoms with Crippen molar-refractivity contribution in [2.45, 2.75) is 47.5 Å². The molecule has 0 unspecified atom stereocenters. The van der Waals surface area contributed by atoms with E-state index in [2.05, 4.69) is 17.1 Å². The molecule has 0 saturated heterocycles. The molecule has 2 heteroatoms. The number of hydrogen-bond donors (Lipinski definition) is 1. The van der Waals surface area contributed by atoms with Crippen LogP contribution in [0.3, 0.4) is 0 Å². The zero-order chi connectivity index (χ0) is 12.6. The van der Waals surface area contributed by atoms with Gasteiger partial charge in [-0.15, -0.1) is 0 Å². The van der Waals surface area contributed by atoms with E-state index in [9.17, 15) is 0 Å². The minimum absolute atomic E-state index is 0.623. The van der Waals surface area contributed by atoms with E-state index in [1.54, 1.807) is 0 Å². The Morgan fingerprint density at radius 2 is 1.81 bits per heavy atom. The maximum atomic E-state index is 5.64. The van der Waals surface area contributed by atoms with Gasteiger partial charge < -0.3 is 5.73 Å². The number of hydrogen-bond acceptors (Lipinski definition) is 2. The van der Waals surface area contributed by atoms with Gasteiger partial charge in [0.25, 0.3) is 0 Å². The van der Waals surface area contributed by atoms with Crippen LogP contribution in [0.15, 0.2) is 12.1 Å². The van der Waals surface area contributed by atoms with Gasteiger partial charge in [0.05, 0.1) is 0 Å². The molecule has 0 aliphatic heterocycles. The Morgan fingerprint density at radius 1 is 1.19 bits per heavy atom. The van der Waals surface area contributed by atoms with E-state index in [1.807, 2.05) is 40.7 Å². The first-order valence-electron chi connectivity index (χ1n) is 6.20. The summed E-state index contributed by atoms with van der Waals surface area (Å²) in [5, 5.41) is 0. The number of allylic oxidation sites excluding steroid dienone is 1. The maximum absolute atomic E-state index is 5.64. The summed E-state index contributed by atoms with van der Waals surface area (Å²) in [5.41, 5.74) is 9.31. The van der Waals surface area contributed by atoms with Crippen LogP contribution in [-0.2, 0) is 6.42 Å². The first kappa shape index (κ1) is 14.7. The largest absolute Gasteiger partial charge is 0.384 e. The van der Waals surface area contributed by atoms with Crippen molar-refractivity contribution in [1.82, 2.24) is 4.98 Å². The van der Waals surface area contributed by atoms with E-state index < -0.39 is 0 Å². The van der Waals surface area contributed by atoms with Crippen LogP contribution in [0.2, 0.25) is 0 Å². The lowest BCUT2D eigenvalue weighted by atomic mass is 9.97. The molecule has 0 amide bonds. The van der Waals surface area contributed by atoms with Crippen molar-refractivity contribution in [2.24, 2.45) is 0 Å². The van der Waals surface area contributed by atoms with Crippen molar-refractivity contribution >= 4 is 11.9 Å². The number of nitrogens with zero attached hydrogens (tertiary/aromatic N) is 1. The lowest BCUT2D eigenvalue weighted by Gasteiger charge is -2.12. The lowest BCUT2D eigenvalue weighted by molar-refractivity contribution is 0.948. The Hall–Kier alpha value is -1.31.